The van der Waals surface area contributed by atoms with Crippen molar-refractivity contribution in [3.63, 3.8) is 0 Å². The van der Waals surface area contributed by atoms with Gasteiger partial charge in [-0.05, 0) is 31.9 Å². The van der Waals surface area contributed by atoms with Crippen LogP contribution < -0.4 is 5.32 Å². The first-order valence-corrected chi connectivity index (χ1v) is 8.64. The molecule has 1 N–H and O–H groups in total. The van der Waals surface area contributed by atoms with Crippen LogP contribution in [0.3, 0.4) is 0 Å². The van der Waals surface area contributed by atoms with Crippen LogP contribution in [0.15, 0.2) is 33.7 Å². The van der Waals surface area contributed by atoms with E-state index in [4.69, 9.17) is 9.15 Å². The van der Waals surface area contributed by atoms with Gasteiger partial charge in [-0.2, -0.15) is 0 Å². The molecule has 0 aliphatic carbocycles. The van der Waals surface area contributed by atoms with Crippen LogP contribution in [0, 0.1) is 20.8 Å². The summed E-state index contributed by atoms with van der Waals surface area (Å²) in [5.74, 6) is 2.38. The lowest BCUT2D eigenvalue weighted by Gasteiger charge is -2.35. The number of benzene rings is 1. The number of hydrogen-bond donors (Lipinski definition) is 1. The standard InChI is InChI=1S/C19H26N4O2/c1-13-7-5-6-8-16(13)17-12-23(9-10-24-17)19(20-4)21-11-18-22-14(2)15(3)25-18/h5-8,17H,9-12H2,1-4H3,(H,20,21). The summed E-state index contributed by atoms with van der Waals surface area (Å²) in [5, 5.41) is 3.35. The van der Waals surface area contributed by atoms with E-state index >= 15 is 0 Å². The van der Waals surface area contributed by atoms with E-state index < -0.39 is 0 Å². The molecule has 2 aromatic rings. The zero-order valence-corrected chi connectivity index (χ0v) is 15.4. The van der Waals surface area contributed by atoms with Gasteiger partial charge in [-0.25, -0.2) is 4.98 Å². The molecule has 0 saturated carbocycles. The van der Waals surface area contributed by atoms with Crippen LogP contribution in [0.4, 0.5) is 0 Å². The summed E-state index contributed by atoms with van der Waals surface area (Å²) in [6.07, 6.45) is 0.0553. The first-order valence-electron chi connectivity index (χ1n) is 8.64. The Bertz CT molecular complexity index is 734. The molecule has 0 bridgehead atoms. The minimum absolute atomic E-state index is 0.0553. The van der Waals surface area contributed by atoms with E-state index in [1.807, 2.05) is 13.8 Å². The zero-order chi connectivity index (χ0) is 17.8. The van der Waals surface area contributed by atoms with Crippen LogP contribution in [0.2, 0.25) is 0 Å². The van der Waals surface area contributed by atoms with E-state index in [-0.39, 0.29) is 6.10 Å². The number of morpholine rings is 1. The Hall–Kier alpha value is -2.34. The van der Waals surface area contributed by atoms with Crippen molar-refractivity contribution in [2.45, 2.75) is 33.4 Å². The van der Waals surface area contributed by atoms with Crippen molar-refractivity contribution in [2.24, 2.45) is 4.99 Å². The summed E-state index contributed by atoms with van der Waals surface area (Å²) in [6, 6.07) is 8.38. The lowest BCUT2D eigenvalue weighted by molar-refractivity contribution is -0.00837. The first-order chi connectivity index (χ1) is 12.1. The number of nitrogens with zero attached hydrogens (tertiary/aromatic N) is 3. The highest BCUT2D eigenvalue weighted by Crippen LogP contribution is 2.25. The second-order valence-corrected chi connectivity index (χ2v) is 6.31. The molecule has 1 aliphatic rings. The number of guanidine groups is 1. The van der Waals surface area contributed by atoms with Crippen molar-refractivity contribution in [1.29, 1.82) is 0 Å². The number of oxazole rings is 1. The zero-order valence-electron chi connectivity index (χ0n) is 15.4. The molecule has 0 spiro atoms. The number of nitrogens with one attached hydrogen (secondary N) is 1. The molecule has 134 valence electrons. The molecule has 1 saturated heterocycles. The molecule has 1 fully saturated rings. The van der Waals surface area contributed by atoms with Crippen LogP contribution in [0.25, 0.3) is 0 Å². The molecule has 1 atom stereocenters. The minimum Gasteiger partial charge on any atom is -0.444 e. The van der Waals surface area contributed by atoms with E-state index in [1.54, 1.807) is 7.05 Å². The van der Waals surface area contributed by atoms with Gasteiger partial charge in [0.25, 0.3) is 0 Å². The third-order valence-electron chi connectivity index (χ3n) is 4.58. The Morgan fingerprint density at radius 3 is 2.80 bits per heavy atom. The van der Waals surface area contributed by atoms with Crippen molar-refractivity contribution < 1.29 is 9.15 Å². The number of aryl methyl sites for hydroxylation is 3. The Kier molecular flexibility index (Phi) is 5.38. The highest BCUT2D eigenvalue weighted by molar-refractivity contribution is 5.79. The smallest absolute Gasteiger partial charge is 0.214 e. The molecule has 2 heterocycles. The molecule has 1 aromatic heterocycles. The monoisotopic (exact) mass is 342 g/mol. The molecule has 1 aliphatic heterocycles. The fourth-order valence-electron chi connectivity index (χ4n) is 3.08. The van der Waals surface area contributed by atoms with Gasteiger partial charge in [-0.3, -0.25) is 4.99 Å². The lowest BCUT2D eigenvalue weighted by atomic mass is 10.0. The fraction of sp³-hybridized carbons (Fsp3) is 0.474. The highest BCUT2D eigenvalue weighted by Gasteiger charge is 2.25. The van der Waals surface area contributed by atoms with Crippen LogP contribution in [-0.4, -0.2) is 42.6 Å². The topological polar surface area (TPSA) is 62.9 Å². The van der Waals surface area contributed by atoms with E-state index in [1.165, 1.54) is 11.1 Å². The molecule has 3 rings (SSSR count). The van der Waals surface area contributed by atoms with Crippen molar-refractivity contribution >= 4 is 5.96 Å². The molecular formula is C19H26N4O2. The van der Waals surface area contributed by atoms with E-state index in [0.717, 1.165) is 30.5 Å². The van der Waals surface area contributed by atoms with Gasteiger partial charge in [0.05, 0.1) is 25.4 Å². The maximum absolute atomic E-state index is 6.00. The largest absolute Gasteiger partial charge is 0.444 e. The second kappa shape index (κ2) is 7.70. The molecule has 0 amide bonds. The molecule has 25 heavy (non-hydrogen) atoms. The summed E-state index contributed by atoms with van der Waals surface area (Å²) in [4.78, 5) is 11.0. The summed E-state index contributed by atoms with van der Waals surface area (Å²) in [7, 11) is 1.80. The fourth-order valence-corrected chi connectivity index (χ4v) is 3.08. The predicted octanol–water partition coefficient (Wildman–Crippen LogP) is 2.75. The quantitative estimate of drug-likeness (QED) is 0.686. The average molecular weight is 342 g/mol. The van der Waals surface area contributed by atoms with Gasteiger partial charge in [0.15, 0.2) is 5.96 Å². The maximum atomic E-state index is 6.00. The van der Waals surface area contributed by atoms with E-state index in [0.29, 0.717) is 19.0 Å². The summed E-state index contributed by atoms with van der Waals surface area (Å²) in [5.41, 5.74) is 3.42. The van der Waals surface area contributed by atoms with Crippen LogP contribution >= 0.6 is 0 Å². The van der Waals surface area contributed by atoms with Crippen molar-refractivity contribution in [2.75, 3.05) is 26.7 Å². The number of aliphatic imine (C=N–C) groups is 1. The minimum atomic E-state index is 0.0553. The third kappa shape index (κ3) is 4.02. The highest BCUT2D eigenvalue weighted by atomic mass is 16.5. The van der Waals surface area contributed by atoms with E-state index in [9.17, 15) is 0 Å². The Morgan fingerprint density at radius 2 is 2.12 bits per heavy atom. The number of rotatable bonds is 3. The molecule has 1 unspecified atom stereocenters. The normalized spacial score (nSPS) is 18.5. The van der Waals surface area contributed by atoms with Gasteiger partial charge in [0.1, 0.15) is 11.9 Å². The summed E-state index contributed by atoms with van der Waals surface area (Å²) >= 11 is 0. The van der Waals surface area contributed by atoms with Crippen LogP contribution in [0.1, 0.15) is 34.6 Å². The number of ether oxygens (including phenoxy) is 1. The summed E-state index contributed by atoms with van der Waals surface area (Å²) < 4.78 is 11.6. The van der Waals surface area contributed by atoms with E-state index in [2.05, 4.69) is 51.4 Å². The average Bonchev–Trinajstić information content (AvgIpc) is 2.94. The molecule has 6 nitrogen and oxygen atoms in total. The van der Waals surface area contributed by atoms with Crippen molar-refractivity contribution in [3.05, 3.63) is 52.7 Å². The lowest BCUT2D eigenvalue weighted by Crippen LogP contribution is -2.48. The SMILES string of the molecule is CN=C(NCc1nc(C)c(C)o1)N1CCOC(c2ccccc2C)C1. The molecule has 0 radical (unpaired) electrons. The van der Waals surface area contributed by atoms with Gasteiger partial charge in [-0.1, -0.05) is 24.3 Å². The van der Waals surface area contributed by atoms with Gasteiger partial charge >= 0.3 is 0 Å². The Labute approximate surface area is 148 Å². The van der Waals surface area contributed by atoms with Gasteiger partial charge in [-0.15, -0.1) is 0 Å². The third-order valence-corrected chi connectivity index (χ3v) is 4.58. The first kappa shape index (κ1) is 17.5. The Morgan fingerprint density at radius 1 is 1.32 bits per heavy atom. The van der Waals surface area contributed by atoms with Crippen LogP contribution in [-0.2, 0) is 11.3 Å². The number of hydrogen-bond acceptors (Lipinski definition) is 4. The van der Waals surface area contributed by atoms with Gasteiger partial charge in [0, 0.05) is 13.6 Å². The molecule has 1 aromatic carbocycles. The van der Waals surface area contributed by atoms with Gasteiger partial charge < -0.3 is 19.4 Å². The predicted molar refractivity (Wildman–Crippen MR) is 97.6 cm³/mol. The molecule has 6 heteroatoms. The molecular weight excluding hydrogens is 316 g/mol. The maximum Gasteiger partial charge on any atom is 0.214 e. The van der Waals surface area contributed by atoms with Gasteiger partial charge in [0.2, 0.25) is 5.89 Å². The number of aromatic nitrogens is 1. The van der Waals surface area contributed by atoms with Crippen molar-refractivity contribution in [1.82, 2.24) is 15.2 Å². The Balaban J connectivity index is 1.65. The summed E-state index contributed by atoms with van der Waals surface area (Å²) in [6.45, 7) is 8.78. The van der Waals surface area contributed by atoms with Crippen LogP contribution in [0.5, 0.6) is 0 Å². The second-order valence-electron chi connectivity index (χ2n) is 6.31. The van der Waals surface area contributed by atoms with Crippen molar-refractivity contribution in [3.8, 4) is 0 Å².